The third-order valence-corrected chi connectivity index (χ3v) is 5.16. The van der Waals surface area contributed by atoms with Crippen molar-refractivity contribution in [3.05, 3.63) is 73.3 Å². The lowest BCUT2D eigenvalue weighted by Crippen LogP contribution is -2.26. The number of hydrogen-bond acceptors (Lipinski definition) is 4. The van der Waals surface area contributed by atoms with Crippen LogP contribution in [0.1, 0.15) is 10.4 Å². The molecule has 0 saturated heterocycles. The monoisotopic (exact) mass is 381 g/mol. The van der Waals surface area contributed by atoms with Crippen molar-refractivity contribution >= 4 is 28.6 Å². The zero-order valence-corrected chi connectivity index (χ0v) is 15.0. The molecule has 0 atom stereocenters. The van der Waals surface area contributed by atoms with Crippen LogP contribution in [0, 0.1) is 18.6 Å². The van der Waals surface area contributed by atoms with Crippen molar-refractivity contribution in [2.75, 3.05) is 11.9 Å². The molecule has 0 unspecified atom stereocenters. The summed E-state index contributed by atoms with van der Waals surface area (Å²) in [6, 6.07) is 4.91. The number of aromatic nitrogens is 2. The Balaban J connectivity index is 1.98. The van der Waals surface area contributed by atoms with Crippen LogP contribution < -0.4 is 10.5 Å². The number of benzene rings is 1. The Kier molecular flexibility index (Phi) is 4.87. The van der Waals surface area contributed by atoms with Crippen molar-refractivity contribution < 1.29 is 8.78 Å². The number of rotatable bonds is 4. The van der Waals surface area contributed by atoms with Crippen LogP contribution in [-0.2, 0) is 6.54 Å². The second kappa shape index (κ2) is 6.93. The molecule has 0 bridgehead atoms. The van der Waals surface area contributed by atoms with E-state index in [2.05, 4.69) is 5.10 Å². The Hall–Kier alpha value is -2.25. The topological polar surface area (TPSA) is 38.1 Å². The summed E-state index contributed by atoms with van der Waals surface area (Å²) in [5.41, 5.74) is 0.775. The van der Waals surface area contributed by atoms with Crippen molar-refractivity contribution in [3.63, 3.8) is 0 Å². The van der Waals surface area contributed by atoms with Crippen LogP contribution in [-0.4, -0.2) is 16.8 Å². The van der Waals surface area contributed by atoms with Crippen LogP contribution in [0.25, 0.3) is 5.69 Å². The largest absolute Gasteiger partial charge is 0.367 e. The second-order valence-corrected chi connectivity index (χ2v) is 6.92. The molecule has 0 aliphatic carbocycles. The molecule has 0 saturated carbocycles. The molecule has 0 N–H and O–H groups in total. The molecule has 3 aromatic rings. The first-order chi connectivity index (χ1) is 11.9. The number of aryl methyl sites for hydroxylation is 1. The number of nitrogens with zero attached hydrogens (tertiary/aromatic N) is 3. The molecule has 0 spiro atoms. The van der Waals surface area contributed by atoms with Crippen LogP contribution >= 0.6 is 22.9 Å². The summed E-state index contributed by atoms with van der Waals surface area (Å²) in [6.07, 6.45) is 1.40. The molecule has 0 amide bonds. The van der Waals surface area contributed by atoms with Crippen molar-refractivity contribution in [3.8, 4) is 5.69 Å². The quantitative estimate of drug-likeness (QED) is 0.680. The van der Waals surface area contributed by atoms with Gasteiger partial charge in [-0.15, -0.1) is 11.3 Å². The van der Waals surface area contributed by atoms with Crippen LogP contribution in [0.3, 0.4) is 0 Å². The molecule has 0 aliphatic heterocycles. The first-order valence-electron chi connectivity index (χ1n) is 7.36. The van der Waals surface area contributed by atoms with Gasteiger partial charge < -0.3 is 4.90 Å². The number of thiophene rings is 1. The normalized spacial score (nSPS) is 10.9. The van der Waals surface area contributed by atoms with Gasteiger partial charge in [-0.25, -0.2) is 8.78 Å². The molecule has 0 aliphatic rings. The minimum absolute atomic E-state index is 0.0737. The second-order valence-electron chi connectivity index (χ2n) is 5.54. The van der Waals surface area contributed by atoms with Gasteiger partial charge in [0, 0.05) is 18.0 Å². The van der Waals surface area contributed by atoms with Crippen LogP contribution in [0.2, 0.25) is 5.02 Å². The van der Waals surface area contributed by atoms with Crippen LogP contribution in [0.5, 0.6) is 0 Å². The summed E-state index contributed by atoms with van der Waals surface area (Å²) in [5, 5.41) is 5.91. The highest BCUT2D eigenvalue weighted by atomic mass is 35.5. The minimum atomic E-state index is -0.888. The fraction of sp³-hybridized carbons (Fsp3) is 0.176. The molecule has 3 rings (SSSR count). The summed E-state index contributed by atoms with van der Waals surface area (Å²) in [7, 11) is 1.80. The molecular formula is C17H14ClF2N3OS. The maximum Gasteiger partial charge on any atom is 0.292 e. The van der Waals surface area contributed by atoms with Crippen molar-refractivity contribution in [1.29, 1.82) is 0 Å². The standard InChI is InChI=1S/C17H14ClF2N3OS/c1-10-5-6-25-15(10)9-22(2)14-8-21-23(17(24)16(14)18)13-4-3-11(19)7-12(13)20/h3-8H,9H2,1-2H3. The highest BCUT2D eigenvalue weighted by molar-refractivity contribution is 7.10. The van der Waals surface area contributed by atoms with Crippen LogP contribution in [0.15, 0.2) is 40.6 Å². The molecular weight excluding hydrogens is 368 g/mol. The Bertz CT molecular complexity index is 986. The molecule has 2 aromatic heterocycles. The highest BCUT2D eigenvalue weighted by Crippen LogP contribution is 2.25. The summed E-state index contributed by atoms with van der Waals surface area (Å²) >= 11 is 7.81. The average Bonchev–Trinajstić information content (AvgIpc) is 2.95. The van der Waals surface area contributed by atoms with Gasteiger partial charge in [0.05, 0.1) is 18.4 Å². The molecule has 2 heterocycles. The Morgan fingerprint density at radius 3 is 2.72 bits per heavy atom. The van der Waals surface area contributed by atoms with Crippen LogP contribution in [0.4, 0.5) is 14.5 Å². The number of halogens is 3. The zero-order valence-electron chi connectivity index (χ0n) is 13.5. The predicted molar refractivity (Wildman–Crippen MR) is 95.9 cm³/mol. The van der Waals surface area contributed by atoms with E-state index in [4.69, 9.17) is 11.6 Å². The number of anilines is 1. The van der Waals surface area contributed by atoms with Gasteiger partial charge in [-0.05, 0) is 36.1 Å². The summed E-state index contributed by atoms with van der Waals surface area (Å²) in [6.45, 7) is 2.58. The van der Waals surface area contributed by atoms with E-state index in [-0.39, 0.29) is 10.7 Å². The summed E-state index contributed by atoms with van der Waals surface area (Å²) in [5.74, 6) is -1.62. The van der Waals surface area contributed by atoms with E-state index in [9.17, 15) is 13.6 Å². The molecule has 130 valence electrons. The fourth-order valence-electron chi connectivity index (χ4n) is 2.38. The van der Waals surface area contributed by atoms with E-state index in [1.807, 2.05) is 18.4 Å². The third kappa shape index (κ3) is 3.43. The minimum Gasteiger partial charge on any atom is -0.367 e. The van der Waals surface area contributed by atoms with Gasteiger partial charge in [0.2, 0.25) is 0 Å². The zero-order chi connectivity index (χ0) is 18.1. The Morgan fingerprint density at radius 2 is 2.08 bits per heavy atom. The van der Waals surface area contributed by atoms with E-state index in [0.29, 0.717) is 18.3 Å². The predicted octanol–water partition coefficient (Wildman–Crippen LogP) is 4.17. The van der Waals surface area contributed by atoms with Gasteiger partial charge >= 0.3 is 0 Å². The summed E-state index contributed by atoms with van der Waals surface area (Å²) < 4.78 is 27.8. The molecule has 0 radical (unpaired) electrons. The molecule has 1 aromatic carbocycles. The maximum absolute atomic E-state index is 13.9. The SMILES string of the molecule is Cc1ccsc1CN(C)c1cnn(-c2ccc(F)cc2F)c(=O)c1Cl. The third-order valence-electron chi connectivity index (χ3n) is 3.80. The first-order valence-corrected chi connectivity index (χ1v) is 8.61. The van der Waals surface area contributed by atoms with E-state index < -0.39 is 17.2 Å². The van der Waals surface area contributed by atoms with Gasteiger partial charge in [0.1, 0.15) is 16.5 Å². The smallest absolute Gasteiger partial charge is 0.292 e. The summed E-state index contributed by atoms with van der Waals surface area (Å²) in [4.78, 5) is 15.4. The van der Waals surface area contributed by atoms with E-state index >= 15 is 0 Å². The molecule has 4 nitrogen and oxygen atoms in total. The maximum atomic E-state index is 13.9. The Morgan fingerprint density at radius 1 is 1.32 bits per heavy atom. The van der Waals surface area contributed by atoms with Gasteiger partial charge in [0.25, 0.3) is 5.56 Å². The van der Waals surface area contributed by atoms with E-state index in [0.717, 1.165) is 27.3 Å². The van der Waals surface area contributed by atoms with E-state index in [1.54, 1.807) is 23.3 Å². The van der Waals surface area contributed by atoms with Gasteiger partial charge in [-0.1, -0.05) is 11.6 Å². The number of hydrogen-bond donors (Lipinski definition) is 0. The molecule has 8 heteroatoms. The lowest BCUT2D eigenvalue weighted by atomic mass is 10.2. The molecule has 0 fully saturated rings. The lowest BCUT2D eigenvalue weighted by molar-refractivity contribution is 0.570. The average molecular weight is 382 g/mol. The molecule has 25 heavy (non-hydrogen) atoms. The van der Waals surface area contributed by atoms with Gasteiger partial charge in [0.15, 0.2) is 5.82 Å². The van der Waals surface area contributed by atoms with Crippen molar-refractivity contribution in [2.45, 2.75) is 13.5 Å². The van der Waals surface area contributed by atoms with E-state index in [1.165, 1.54) is 6.20 Å². The van der Waals surface area contributed by atoms with Gasteiger partial charge in [-0.2, -0.15) is 9.78 Å². The van der Waals surface area contributed by atoms with Crippen molar-refractivity contribution in [1.82, 2.24) is 9.78 Å². The first kappa shape index (κ1) is 17.6. The fourth-order valence-corrected chi connectivity index (χ4v) is 3.61. The Labute approximate surface area is 151 Å². The highest BCUT2D eigenvalue weighted by Gasteiger charge is 2.17. The van der Waals surface area contributed by atoms with Gasteiger partial charge in [-0.3, -0.25) is 4.79 Å². The lowest BCUT2D eigenvalue weighted by Gasteiger charge is -2.20. The van der Waals surface area contributed by atoms with Crippen molar-refractivity contribution in [2.24, 2.45) is 0 Å².